The molecule has 126 valence electrons. The Hall–Kier alpha value is -1.25. The number of morpholine rings is 1. The monoisotopic (exact) mass is 376 g/mol. The van der Waals surface area contributed by atoms with Gasteiger partial charge >= 0.3 is 0 Å². The van der Waals surface area contributed by atoms with E-state index in [2.05, 4.69) is 20.6 Å². The van der Waals surface area contributed by atoms with Gasteiger partial charge in [-0.05, 0) is 12.1 Å². The number of rotatable bonds is 4. The van der Waals surface area contributed by atoms with E-state index >= 15 is 0 Å². The Bertz CT molecular complexity index is 606. The van der Waals surface area contributed by atoms with Crippen LogP contribution in [0, 0.1) is 0 Å². The van der Waals surface area contributed by atoms with Crippen LogP contribution < -0.4 is 10.6 Å². The number of pyridine rings is 1. The lowest BCUT2D eigenvalue weighted by molar-refractivity contribution is -0.117. The standard InChI is InChI=1S/C14H16N4O2S.2ClH/c19-13(7-10-8-20-6-5-15-10)18-14-17-12(9-21-14)11-3-1-2-4-16-11;;/h1-4,9-10,15H,5-8H2,(H,17,18,19);2*1H. The predicted octanol–water partition coefficient (Wildman–Crippen LogP) is 2.37. The first-order valence-electron chi connectivity index (χ1n) is 6.79. The molecule has 2 aromatic heterocycles. The van der Waals surface area contributed by atoms with Gasteiger partial charge in [0.15, 0.2) is 5.13 Å². The SMILES string of the molecule is Cl.Cl.O=C(CC1COCCN1)Nc1nc(-c2ccccn2)cs1. The van der Waals surface area contributed by atoms with Crippen LogP contribution in [0.2, 0.25) is 0 Å². The van der Waals surface area contributed by atoms with Crippen molar-refractivity contribution in [1.82, 2.24) is 15.3 Å². The molecule has 0 radical (unpaired) electrons. The zero-order valence-corrected chi connectivity index (χ0v) is 14.7. The molecule has 1 amide bonds. The molecule has 0 aliphatic carbocycles. The molecule has 3 heterocycles. The molecule has 6 nitrogen and oxygen atoms in total. The molecular formula is C14H18Cl2N4O2S. The average molecular weight is 377 g/mol. The second-order valence-electron chi connectivity index (χ2n) is 4.73. The number of amides is 1. The summed E-state index contributed by atoms with van der Waals surface area (Å²) in [4.78, 5) is 20.6. The molecule has 23 heavy (non-hydrogen) atoms. The van der Waals surface area contributed by atoms with E-state index in [1.807, 2.05) is 23.6 Å². The van der Waals surface area contributed by atoms with Gasteiger partial charge in [0.2, 0.25) is 5.91 Å². The first-order valence-corrected chi connectivity index (χ1v) is 7.67. The van der Waals surface area contributed by atoms with Crippen molar-refractivity contribution < 1.29 is 9.53 Å². The highest BCUT2D eigenvalue weighted by Crippen LogP contribution is 2.23. The van der Waals surface area contributed by atoms with Gasteiger partial charge in [0.05, 0.1) is 18.9 Å². The molecule has 1 fully saturated rings. The maximum atomic E-state index is 12.0. The van der Waals surface area contributed by atoms with Crippen LogP contribution in [0.5, 0.6) is 0 Å². The molecule has 1 aliphatic rings. The molecule has 0 aromatic carbocycles. The number of anilines is 1. The number of ether oxygens (including phenoxy) is 1. The highest BCUT2D eigenvalue weighted by atomic mass is 35.5. The second kappa shape index (κ2) is 9.79. The summed E-state index contributed by atoms with van der Waals surface area (Å²) in [6, 6.07) is 5.74. The van der Waals surface area contributed by atoms with Crippen LogP contribution in [0.1, 0.15) is 6.42 Å². The third-order valence-corrected chi connectivity index (χ3v) is 3.87. The molecule has 1 atom stereocenters. The van der Waals surface area contributed by atoms with E-state index in [0.717, 1.165) is 17.9 Å². The van der Waals surface area contributed by atoms with E-state index in [9.17, 15) is 4.79 Å². The number of nitrogens with zero attached hydrogens (tertiary/aromatic N) is 2. The summed E-state index contributed by atoms with van der Waals surface area (Å²) in [5, 5.41) is 8.56. The molecule has 1 aliphatic heterocycles. The molecule has 3 rings (SSSR count). The topological polar surface area (TPSA) is 76.1 Å². The number of aromatic nitrogens is 2. The van der Waals surface area contributed by atoms with Gasteiger partial charge in [-0.3, -0.25) is 9.78 Å². The van der Waals surface area contributed by atoms with E-state index in [0.29, 0.717) is 24.8 Å². The van der Waals surface area contributed by atoms with Gasteiger partial charge in [-0.1, -0.05) is 6.07 Å². The minimum absolute atomic E-state index is 0. The Labute approximate surface area is 150 Å². The maximum Gasteiger partial charge on any atom is 0.227 e. The lowest BCUT2D eigenvalue weighted by Gasteiger charge is -2.22. The number of carbonyl (C=O) groups excluding carboxylic acids is 1. The van der Waals surface area contributed by atoms with Crippen molar-refractivity contribution in [1.29, 1.82) is 0 Å². The number of nitrogens with one attached hydrogen (secondary N) is 2. The molecule has 1 saturated heterocycles. The summed E-state index contributed by atoms with van der Waals surface area (Å²) in [7, 11) is 0. The quantitative estimate of drug-likeness (QED) is 0.856. The molecule has 0 spiro atoms. The van der Waals surface area contributed by atoms with Crippen LogP contribution in [0.25, 0.3) is 11.4 Å². The summed E-state index contributed by atoms with van der Waals surface area (Å²) >= 11 is 1.40. The van der Waals surface area contributed by atoms with Crippen LogP contribution in [-0.2, 0) is 9.53 Å². The summed E-state index contributed by atoms with van der Waals surface area (Å²) in [6.45, 7) is 2.07. The van der Waals surface area contributed by atoms with Gasteiger partial charge in [0.1, 0.15) is 5.69 Å². The minimum atomic E-state index is -0.0556. The first kappa shape index (κ1) is 19.8. The molecule has 0 saturated carbocycles. The van der Waals surface area contributed by atoms with Crippen molar-refractivity contribution in [2.75, 3.05) is 25.1 Å². The zero-order chi connectivity index (χ0) is 14.5. The highest BCUT2D eigenvalue weighted by Gasteiger charge is 2.17. The fourth-order valence-electron chi connectivity index (χ4n) is 2.11. The van der Waals surface area contributed by atoms with Crippen molar-refractivity contribution in [3.63, 3.8) is 0 Å². The van der Waals surface area contributed by atoms with E-state index in [4.69, 9.17) is 4.74 Å². The lowest BCUT2D eigenvalue weighted by Crippen LogP contribution is -2.43. The van der Waals surface area contributed by atoms with Crippen LogP contribution in [0.15, 0.2) is 29.8 Å². The van der Waals surface area contributed by atoms with Crippen LogP contribution in [0.3, 0.4) is 0 Å². The predicted molar refractivity (Wildman–Crippen MR) is 95.7 cm³/mol. The summed E-state index contributed by atoms with van der Waals surface area (Å²) in [5.74, 6) is -0.0556. The summed E-state index contributed by atoms with van der Waals surface area (Å²) < 4.78 is 5.33. The first-order chi connectivity index (χ1) is 10.3. The van der Waals surface area contributed by atoms with Crippen LogP contribution in [0.4, 0.5) is 5.13 Å². The van der Waals surface area contributed by atoms with Gasteiger partial charge in [0, 0.05) is 30.6 Å². The molecule has 2 aromatic rings. The van der Waals surface area contributed by atoms with Crippen molar-refractivity contribution in [3.05, 3.63) is 29.8 Å². The fourth-order valence-corrected chi connectivity index (χ4v) is 2.83. The Kier molecular flexibility index (Phi) is 8.43. The van der Waals surface area contributed by atoms with Gasteiger partial charge in [-0.25, -0.2) is 4.98 Å². The van der Waals surface area contributed by atoms with E-state index in [1.165, 1.54) is 11.3 Å². The number of halogens is 2. The van der Waals surface area contributed by atoms with Crippen molar-refractivity contribution in [2.45, 2.75) is 12.5 Å². The Morgan fingerprint density at radius 2 is 2.26 bits per heavy atom. The van der Waals surface area contributed by atoms with Crippen molar-refractivity contribution >= 4 is 47.2 Å². The molecule has 0 bridgehead atoms. The minimum Gasteiger partial charge on any atom is -0.378 e. The van der Waals surface area contributed by atoms with E-state index in [-0.39, 0.29) is 36.8 Å². The second-order valence-corrected chi connectivity index (χ2v) is 5.59. The lowest BCUT2D eigenvalue weighted by atomic mass is 10.2. The molecule has 1 unspecified atom stereocenters. The van der Waals surface area contributed by atoms with Gasteiger partial charge in [-0.15, -0.1) is 36.2 Å². The highest BCUT2D eigenvalue weighted by molar-refractivity contribution is 7.14. The molecule has 2 N–H and O–H groups in total. The Balaban J connectivity index is 0.00000132. The van der Waals surface area contributed by atoms with Gasteiger partial charge < -0.3 is 15.4 Å². The third-order valence-electron chi connectivity index (χ3n) is 3.11. The molecular weight excluding hydrogens is 359 g/mol. The normalized spacial score (nSPS) is 16.8. The molecule has 9 heteroatoms. The van der Waals surface area contributed by atoms with E-state index < -0.39 is 0 Å². The summed E-state index contributed by atoms with van der Waals surface area (Å²) in [6.07, 6.45) is 2.11. The smallest absolute Gasteiger partial charge is 0.227 e. The maximum absolute atomic E-state index is 12.0. The van der Waals surface area contributed by atoms with Gasteiger partial charge in [-0.2, -0.15) is 0 Å². The largest absolute Gasteiger partial charge is 0.378 e. The number of carbonyl (C=O) groups is 1. The fraction of sp³-hybridized carbons (Fsp3) is 0.357. The average Bonchev–Trinajstić information content (AvgIpc) is 2.97. The van der Waals surface area contributed by atoms with Crippen molar-refractivity contribution in [3.8, 4) is 11.4 Å². The number of hydrogen-bond acceptors (Lipinski definition) is 6. The van der Waals surface area contributed by atoms with Gasteiger partial charge in [0.25, 0.3) is 0 Å². The number of hydrogen-bond donors (Lipinski definition) is 2. The Morgan fingerprint density at radius 3 is 2.96 bits per heavy atom. The van der Waals surface area contributed by atoms with Crippen LogP contribution in [-0.4, -0.2) is 41.7 Å². The Morgan fingerprint density at radius 1 is 1.39 bits per heavy atom. The van der Waals surface area contributed by atoms with E-state index in [1.54, 1.807) is 6.20 Å². The third kappa shape index (κ3) is 5.71. The summed E-state index contributed by atoms with van der Waals surface area (Å²) in [5.41, 5.74) is 1.58. The van der Waals surface area contributed by atoms with Crippen LogP contribution >= 0.6 is 36.2 Å². The number of thiazole rings is 1. The van der Waals surface area contributed by atoms with Crippen molar-refractivity contribution in [2.24, 2.45) is 0 Å². The zero-order valence-electron chi connectivity index (χ0n) is 12.2.